The van der Waals surface area contributed by atoms with Gasteiger partial charge in [-0.3, -0.25) is 9.78 Å². The van der Waals surface area contributed by atoms with E-state index in [4.69, 9.17) is 9.47 Å². The van der Waals surface area contributed by atoms with E-state index < -0.39 is 6.09 Å². The zero-order valence-electron chi connectivity index (χ0n) is 18.5. The lowest BCUT2D eigenvalue weighted by Crippen LogP contribution is -2.35. The number of carbonyl (C=O) groups is 2. The number of pyridine rings is 1. The Balaban J connectivity index is 1.42. The summed E-state index contributed by atoms with van der Waals surface area (Å²) in [6.07, 6.45) is 6.46. The van der Waals surface area contributed by atoms with E-state index in [0.29, 0.717) is 35.8 Å². The first kappa shape index (κ1) is 23.0. The molecule has 9 heteroatoms. The number of nitrogens with one attached hydrogen (secondary N) is 1. The second-order valence-corrected chi connectivity index (χ2v) is 8.58. The zero-order valence-corrected chi connectivity index (χ0v) is 19.3. The molecule has 4 rings (SSSR count). The van der Waals surface area contributed by atoms with Gasteiger partial charge in [-0.15, -0.1) is 11.3 Å². The fraction of sp³-hybridized carbons (Fsp3) is 0.200. The Morgan fingerprint density at radius 3 is 2.91 bits per heavy atom. The third-order valence-electron chi connectivity index (χ3n) is 5.30. The van der Waals surface area contributed by atoms with Crippen molar-refractivity contribution in [3.63, 3.8) is 0 Å². The summed E-state index contributed by atoms with van der Waals surface area (Å²) in [5, 5.41) is 13.0. The van der Waals surface area contributed by atoms with Gasteiger partial charge in [0.05, 0.1) is 19.2 Å². The van der Waals surface area contributed by atoms with E-state index in [0.717, 1.165) is 21.6 Å². The van der Waals surface area contributed by atoms with Crippen LogP contribution in [-0.4, -0.2) is 35.5 Å². The predicted octanol–water partition coefficient (Wildman–Crippen LogP) is 4.37. The van der Waals surface area contributed by atoms with Crippen LogP contribution in [0.25, 0.3) is 6.08 Å². The molecular weight excluding hydrogens is 452 g/mol. The van der Waals surface area contributed by atoms with Crippen molar-refractivity contribution in [2.45, 2.75) is 19.6 Å². The largest absolute Gasteiger partial charge is 0.496 e. The third-order valence-corrected chi connectivity index (χ3v) is 6.43. The molecule has 0 bridgehead atoms. The molecule has 0 atom stereocenters. The Morgan fingerprint density at radius 2 is 2.15 bits per heavy atom. The summed E-state index contributed by atoms with van der Waals surface area (Å²) < 4.78 is 10.7. The number of amides is 2. The van der Waals surface area contributed by atoms with Crippen molar-refractivity contribution >= 4 is 34.4 Å². The van der Waals surface area contributed by atoms with Gasteiger partial charge in [0.2, 0.25) is 5.91 Å². The average Bonchev–Trinajstić information content (AvgIpc) is 3.22. The predicted molar refractivity (Wildman–Crippen MR) is 128 cm³/mol. The lowest BCUT2D eigenvalue weighted by Gasteiger charge is -2.26. The second-order valence-electron chi connectivity index (χ2n) is 7.47. The topological polar surface area (TPSA) is 105 Å². The normalized spacial score (nSPS) is 12.6. The molecular formula is C25H22N4O4S. The Hall–Kier alpha value is -4.16. The van der Waals surface area contributed by atoms with Crippen LogP contribution < -0.4 is 10.1 Å². The van der Waals surface area contributed by atoms with Crippen LogP contribution >= 0.6 is 11.3 Å². The van der Waals surface area contributed by atoms with Crippen LogP contribution in [0, 0.1) is 11.3 Å². The fourth-order valence-corrected chi connectivity index (χ4v) is 4.83. The van der Waals surface area contributed by atoms with Crippen molar-refractivity contribution in [1.29, 1.82) is 5.26 Å². The number of hydrogen-bond acceptors (Lipinski definition) is 7. The number of methoxy groups -OCH3 is 1. The number of anilines is 1. The number of nitrogens with zero attached hydrogens (tertiary/aromatic N) is 3. The molecule has 3 heterocycles. The van der Waals surface area contributed by atoms with Gasteiger partial charge in [-0.1, -0.05) is 24.3 Å². The summed E-state index contributed by atoms with van der Waals surface area (Å²) >= 11 is 1.31. The summed E-state index contributed by atoms with van der Waals surface area (Å²) in [7, 11) is 1.57. The number of para-hydroxylation sites is 1. The summed E-state index contributed by atoms with van der Waals surface area (Å²) in [4.78, 5) is 31.5. The molecule has 0 saturated carbocycles. The van der Waals surface area contributed by atoms with E-state index in [2.05, 4.69) is 16.4 Å². The summed E-state index contributed by atoms with van der Waals surface area (Å²) in [6.45, 7) is 0.905. The number of hydrogen-bond donors (Lipinski definition) is 1. The van der Waals surface area contributed by atoms with Crippen LogP contribution in [0.5, 0.6) is 5.75 Å². The number of fused-ring (bicyclic) bond motifs is 1. The van der Waals surface area contributed by atoms with Crippen LogP contribution in [0.1, 0.15) is 27.1 Å². The lowest BCUT2D eigenvalue weighted by molar-refractivity contribution is -0.111. The van der Waals surface area contributed by atoms with Gasteiger partial charge in [-0.05, 0) is 30.2 Å². The standard InChI is InChI=1S/C25H22N4O4S/c1-32-21-7-3-2-6-18(21)8-9-23(30)28-24-20(13-26)19-10-12-29(15-22(19)34-24)25(31)33-16-17-5-4-11-27-14-17/h2-9,11,14H,10,12,15-16H2,1H3,(H,28,30)/b9-8+. The van der Waals surface area contributed by atoms with E-state index in [9.17, 15) is 14.9 Å². The molecule has 0 spiro atoms. The number of aromatic nitrogens is 1. The molecule has 0 radical (unpaired) electrons. The molecule has 34 heavy (non-hydrogen) atoms. The number of benzene rings is 1. The van der Waals surface area contributed by atoms with Crippen molar-refractivity contribution in [1.82, 2.24) is 9.88 Å². The van der Waals surface area contributed by atoms with Gasteiger partial charge < -0.3 is 19.7 Å². The SMILES string of the molecule is COc1ccccc1/C=C/C(=O)Nc1sc2c(c1C#N)CCN(C(=O)OCc1cccnc1)C2. The molecule has 172 valence electrons. The number of ether oxygens (including phenoxy) is 2. The van der Waals surface area contributed by atoms with Gasteiger partial charge in [0, 0.05) is 41.0 Å². The molecule has 8 nitrogen and oxygen atoms in total. The smallest absolute Gasteiger partial charge is 0.410 e. The first-order valence-corrected chi connectivity index (χ1v) is 11.4. The van der Waals surface area contributed by atoms with Gasteiger partial charge in [-0.25, -0.2) is 4.79 Å². The van der Waals surface area contributed by atoms with Crippen molar-refractivity contribution < 1.29 is 19.1 Å². The summed E-state index contributed by atoms with van der Waals surface area (Å²) in [6, 6.07) is 13.2. The molecule has 0 fully saturated rings. The van der Waals surface area contributed by atoms with Gasteiger partial charge in [0.25, 0.3) is 0 Å². The van der Waals surface area contributed by atoms with E-state index in [1.807, 2.05) is 30.3 Å². The Kier molecular flexibility index (Phi) is 7.20. The van der Waals surface area contributed by atoms with Crippen molar-refractivity contribution in [3.05, 3.63) is 82.0 Å². The van der Waals surface area contributed by atoms with Crippen molar-refractivity contribution in [3.8, 4) is 11.8 Å². The number of carbonyl (C=O) groups excluding carboxylic acids is 2. The zero-order chi connectivity index (χ0) is 23.9. The number of rotatable bonds is 6. The lowest BCUT2D eigenvalue weighted by atomic mass is 10.0. The summed E-state index contributed by atoms with van der Waals surface area (Å²) in [5.74, 6) is 0.306. The minimum absolute atomic E-state index is 0.143. The maximum atomic E-state index is 12.5. The molecule has 0 aliphatic carbocycles. The molecule has 1 aromatic carbocycles. The fourth-order valence-electron chi connectivity index (χ4n) is 3.61. The van der Waals surface area contributed by atoms with Gasteiger partial charge in [0.1, 0.15) is 23.4 Å². The van der Waals surface area contributed by atoms with E-state index in [1.54, 1.807) is 36.5 Å². The highest BCUT2D eigenvalue weighted by atomic mass is 32.1. The molecule has 0 saturated heterocycles. The first-order valence-electron chi connectivity index (χ1n) is 10.6. The van der Waals surface area contributed by atoms with Gasteiger partial charge >= 0.3 is 6.09 Å². The maximum Gasteiger partial charge on any atom is 0.410 e. The van der Waals surface area contributed by atoms with Crippen molar-refractivity contribution in [2.75, 3.05) is 19.0 Å². The van der Waals surface area contributed by atoms with Crippen molar-refractivity contribution in [2.24, 2.45) is 0 Å². The Labute approximate surface area is 201 Å². The molecule has 3 aromatic rings. The van der Waals surface area contributed by atoms with Crippen LogP contribution in [0.2, 0.25) is 0 Å². The van der Waals surface area contributed by atoms with Gasteiger partial charge in [0.15, 0.2) is 0 Å². The monoisotopic (exact) mass is 474 g/mol. The van der Waals surface area contributed by atoms with Gasteiger partial charge in [-0.2, -0.15) is 5.26 Å². The number of thiophene rings is 1. The molecule has 1 N–H and O–H groups in total. The quantitative estimate of drug-likeness (QED) is 0.532. The number of nitriles is 1. The van der Waals surface area contributed by atoms with Crippen LogP contribution in [0.15, 0.2) is 54.9 Å². The highest BCUT2D eigenvalue weighted by molar-refractivity contribution is 7.16. The Morgan fingerprint density at radius 1 is 1.29 bits per heavy atom. The minimum Gasteiger partial charge on any atom is -0.496 e. The molecule has 2 amide bonds. The highest BCUT2D eigenvalue weighted by Gasteiger charge is 2.28. The van der Waals surface area contributed by atoms with E-state index >= 15 is 0 Å². The molecule has 1 aliphatic heterocycles. The minimum atomic E-state index is -0.424. The highest BCUT2D eigenvalue weighted by Crippen LogP contribution is 2.37. The Bertz CT molecular complexity index is 1260. The molecule has 0 unspecified atom stereocenters. The van der Waals surface area contributed by atoms with Crippen LogP contribution in [-0.2, 0) is 29.1 Å². The average molecular weight is 475 g/mol. The molecule has 1 aliphatic rings. The van der Waals surface area contributed by atoms with Crippen LogP contribution in [0.4, 0.5) is 9.80 Å². The van der Waals surface area contributed by atoms with E-state index in [1.165, 1.54) is 17.4 Å². The third kappa shape index (κ3) is 5.24. The first-order chi connectivity index (χ1) is 16.6. The second kappa shape index (κ2) is 10.6. The molecule has 2 aromatic heterocycles. The van der Waals surface area contributed by atoms with Crippen LogP contribution in [0.3, 0.4) is 0 Å². The van der Waals surface area contributed by atoms with E-state index in [-0.39, 0.29) is 12.5 Å². The summed E-state index contributed by atoms with van der Waals surface area (Å²) in [5.41, 5.74) is 2.89. The maximum absolute atomic E-state index is 12.5.